The maximum atomic E-state index is 10.7. The van der Waals surface area contributed by atoms with E-state index in [1.165, 1.54) is 12.3 Å². The fourth-order valence-corrected chi connectivity index (χ4v) is 1.97. The van der Waals surface area contributed by atoms with Crippen LogP contribution in [-0.4, -0.2) is 16.1 Å². The number of carbonyl (C=O) groups is 1. The fourth-order valence-electron chi connectivity index (χ4n) is 1.60. The molecular weight excluding hydrogens is 322 g/mol. The SMILES string of the molecule is N#Cc1cc(Br)ccc1NCc1ccc(C(=O)O)cn1. The van der Waals surface area contributed by atoms with Crippen LogP contribution in [0.5, 0.6) is 0 Å². The minimum atomic E-state index is -1.00. The molecule has 5 nitrogen and oxygen atoms in total. The van der Waals surface area contributed by atoms with E-state index in [2.05, 4.69) is 32.3 Å². The molecule has 6 heteroatoms. The quantitative estimate of drug-likeness (QED) is 0.899. The second-order valence-electron chi connectivity index (χ2n) is 4.00. The topological polar surface area (TPSA) is 86.0 Å². The average Bonchev–Trinajstić information content (AvgIpc) is 2.46. The van der Waals surface area contributed by atoms with Crippen LogP contribution in [0.1, 0.15) is 21.6 Å². The van der Waals surface area contributed by atoms with E-state index in [1.54, 1.807) is 18.2 Å². The maximum absolute atomic E-state index is 10.7. The van der Waals surface area contributed by atoms with Crippen molar-refractivity contribution in [1.29, 1.82) is 5.26 Å². The van der Waals surface area contributed by atoms with Gasteiger partial charge in [-0.05, 0) is 30.3 Å². The van der Waals surface area contributed by atoms with Gasteiger partial charge in [0.15, 0.2) is 0 Å². The zero-order valence-corrected chi connectivity index (χ0v) is 11.9. The summed E-state index contributed by atoms with van der Waals surface area (Å²) in [6, 6.07) is 10.6. The van der Waals surface area contributed by atoms with Gasteiger partial charge in [0.05, 0.1) is 29.1 Å². The van der Waals surface area contributed by atoms with Gasteiger partial charge in [-0.2, -0.15) is 5.26 Å². The Balaban J connectivity index is 2.09. The largest absolute Gasteiger partial charge is 0.478 e. The number of hydrogen-bond donors (Lipinski definition) is 2. The van der Waals surface area contributed by atoms with Crippen molar-refractivity contribution in [2.45, 2.75) is 6.54 Å². The molecule has 0 aliphatic rings. The number of halogens is 1. The summed E-state index contributed by atoms with van der Waals surface area (Å²) < 4.78 is 0.837. The van der Waals surface area contributed by atoms with Crippen molar-refractivity contribution in [3.8, 4) is 6.07 Å². The zero-order valence-electron chi connectivity index (χ0n) is 10.3. The summed E-state index contributed by atoms with van der Waals surface area (Å²) in [6.07, 6.45) is 1.31. The number of carboxylic acids is 1. The molecule has 0 aliphatic heterocycles. The van der Waals surface area contributed by atoms with Crippen LogP contribution in [0.15, 0.2) is 41.0 Å². The Morgan fingerprint density at radius 1 is 1.40 bits per heavy atom. The molecular formula is C14H10BrN3O2. The molecule has 0 atom stereocenters. The third kappa shape index (κ3) is 3.33. The van der Waals surface area contributed by atoms with Gasteiger partial charge in [0.25, 0.3) is 0 Å². The third-order valence-corrected chi connectivity index (χ3v) is 3.13. The lowest BCUT2D eigenvalue weighted by Gasteiger charge is -2.08. The molecule has 0 fully saturated rings. The number of rotatable bonds is 4. The minimum absolute atomic E-state index is 0.148. The molecule has 0 unspecified atom stereocenters. The third-order valence-electron chi connectivity index (χ3n) is 2.63. The van der Waals surface area contributed by atoms with Crippen molar-refractivity contribution in [3.05, 3.63) is 57.8 Å². The first-order valence-corrected chi connectivity index (χ1v) is 6.51. The number of nitriles is 1. The van der Waals surface area contributed by atoms with Crippen molar-refractivity contribution >= 4 is 27.6 Å². The predicted octanol–water partition coefficient (Wildman–Crippen LogP) is 3.03. The summed E-state index contributed by atoms with van der Waals surface area (Å²) >= 11 is 3.31. The molecule has 0 bridgehead atoms. The second kappa shape index (κ2) is 6.17. The van der Waals surface area contributed by atoms with E-state index in [-0.39, 0.29) is 5.56 Å². The number of hydrogen-bond acceptors (Lipinski definition) is 4. The smallest absolute Gasteiger partial charge is 0.337 e. The molecule has 2 aromatic rings. The molecule has 2 N–H and O–H groups in total. The highest BCUT2D eigenvalue weighted by atomic mass is 79.9. The molecule has 1 aromatic heterocycles. The molecule has 0 radical (unpaired) electrons. The Hall–Kier alpha value is -2.39. The summed E-state index contributed by atoms with van der Waals surface area (Å²) in [4.78, 5) is 14.8. The summed E-state index contributed by atoms with van der Waals surface area (Å²) in [6.45, 7) is 0.413. The molecule has 0 saturated heterocycles. The van der Waals surface area contributed by atoms with E-state index in [1.807, 2.05) is 6.07 Å². The lowest BCUT2D eigenvalue weighted by molar-refractivity contribution is 0.0696. The molecule has 1 aromatic carbocycles. The molecule has 0 amide bonds. The van der Waals surface area contributed by atoms with Gasteiger partial charge in [0, 0.05) is 10.7 Å². The summed E-state index contributed by atoms with van der Waals surface area (Å²) in [5.74, 6) is -1.00. The molecule has 100 valence electrons. The average molecular weight is 332 g/mol. The summed E-state index contributed by atoms with van der Waals surface area (Å²) in [5.41, 5.74) is 2.08. The van der Waals surface area contributed by atoms with Gasteiger partial charge in [-0.25, -0.2) is 4.79 Å². The van der Waals surface area contributed by atoms with Gasteiger partial charge in [-0.15, -0.1) is 0 Å². The van der Waals surface area contributed by atoms with E-state index in [0.29, 0.717) is 23.5 Å². The number of nitrogens with zero attached hydrogens (tertiary/aromatic N) is 2. The maximum Gasteiger partial charge on any atom is 0.337 e. The van der Waals surface area contributed by atoms with Crippen LogP contribution in [0.3, 0.4) is 0 Å². The van der Waals surface area contributed by atoms with Gasteiger partial charge in [0.1, 0.15) is 6.07 Å². The van der Waals surface area contributed by atoms with Crippen LogP contribution in [0.4, 0.5) is 5.69 Å². The summed E-state index contributed by atoms with van der Waals surface area (Å²) in [7, 11) is 0. The van der Waals surface area contributed by atoms with Crippen molar-refractivity contribution in [3.63, 3.8) is 0 Å². The van der Waals surface area contributed by atoms with Crippen LogP contribution >= 0.6 is 15.9 Å². The number of carboxylic acid groups (broad SMARTS) is 1. The summed E-state index contributed by atoms with van der Waals surface area (Å²) in [5, 5.41) is 20.9. The van der Waals surface area contributed by atoms with Crippen molar-refractivity contribution in [1.82, 2.24) is 4.98 Å². The lowest BCUT2D eigenvalue weighted by atomic mass is 10.2. The fraction of sp³-hybridized carbons (Fsp3) is 0.0714. The first kappa shape index (κ1) is 14.0. The van der Waals surface area contributed by atoms with Crippen molar-refractivity contribution < 1.29 is 9.90 Å². The molecule has 0 saturated carbocycles. The van der Waals surface area contributed by atoms with E-state index in [4.69, 9.17) is 10.4 Å². The molecule has 20 heavy (non-hydrogen) atoms. The Bertz CT molecular complexity index is 678. The lowest BCUT2D eigenvalue weighted by Crippen LogP contribution is -2.04. The number of nitrogens with one attached hydrogen (secondary N) is 1. The first-order valence-electron chi connectivity index (χ1n) is 5.72. The van der Waals surface area contributed by atoms with Crippen LogP contribution in [0.25, 0.3) is 0 Å². The van der Waals surface area contributed by atoms with Gasteiger partial charge in [0.2, 0.25) is 0 Å². The van der Waals surface area contributed by atoms with Crippen molar-refractivity contribution in [2.75, 3.05) is 5.32 Å². The standard InChI is InChI=1S/C14H10BrN3O2/c15-11-2-4-13(10(5-11)6-16)18-8-12-3-1-9(7-17-12)14(19)20/h1-5,7,18H,8H2,(H,19,20). The molecule has 2 rings (SSSR count). The van der Waals surface area contributed by atoms with Crippen LogP contribution in [-0.2, 0) is 6.54 Å². The number of anilines is 1. The number of benzene rings is 1. The Morgan fingerprint density at radius 2 is 2.20 bits per heavy atom. The molecule has 0 spiro atoms. The van der Waals surface area contributed by atoms with E-state index in [9.17, 15) is 4.79 Å². The van der Waals surface area contributed by atoms with E-state index < -0.39 is 5.97 Å². The van der Waals surface area contributed by atoms with Crippen LogP contribution < -0.4 is 5.32 Å². The molecule has 1 heterocycles. The van der Waals surface area contributed by atoms with Crippen LogP contribution in [0, 0.1) is 11.3 Å². The highest BCUT2D eigenvalue weighted by Crippen LogP contribution is 2.20. The van der Waals surface area contributed by atoms with Gasteiger partial charge >= 0.3 is 5.97 Å². The van der Waals surface area contributed by atoms with Gasteiger partial charge in [-0.3, -0.25) is 4.98 Å². The number of aromatic carboxylic acids is 1. The monoisotopic (exact) mass is 331 g/mol. The van der Waals surface area contributed by atoms with Gasteiger partial charge < -0.3 is 10.4 Å². The number of pyridine rings is 1. The minimum Gasteiger partial charge on any atom is -0.478 e. The first-order chi connectivity index (χ1) is 9.60. The normalized spacial score (nSPS) is 9.80. The number of aromatic nitrogens is 1. The Morgan fingerprint density at radius 3 is 2.80 bits per heavy atom. The highest BCUT2D eigenvalue weighted by Gasteiger charge is 2.05. The highest BCUT2D eigenvalue weighted by molar-refractivity contribution is 9.10. The Labute approximate surface area is 124 Å². The Kier molecular flexibility index (Phi) is 4.33. The van der Waals surface area contributed by atoms with Crippen molar-refractivity contribution in [2.24, 2.45) is 0 Å². The zero-order chi connectivity index (χ0) is 14.5. The van der Waals surface area contributed by atoms with Gasteiger partial charge in [-0.1, -0.05) is 15.9 Å². The van der Waals surface area contributed by atoms with E-state index in [0.717, 1.165) is 4.47 Å². The second-order valence-corrected chi connectivity index (χ2v) is 4.91. The van der Waals surface area contributed by atoms with Crippen LogP contribution in [0.2, 0.25) is 0 Å². The molecule has 0 aliphatic carbocycles. The van der Waals surface area contributed by atoms with E-state index >= 15 is 0 Å². The predicted molar refractivity (Wildman–Crippen MR) is 77.4 cm³/mol.